The molecule has 0 rings (SSSR count). The SMILES string of the molecule is O=C(O)OC(=O)OC(=O)O.[CaH2].[CaH2].[CaH2].[CaH2].[CaH2].[CaH2]. The summed E-state index contributed by atoms with van der Waals surface area (Å²) in [7, 11) is 0. The Bertz CT molecular complexity index is 167. The van der Waals surface area contributed by atoms with Crippen LogP contribution in [0.5, 0.6) is 0 Å². The van der Waals surface area contributed by atoms with Crippen LogP contribution in [-0.2, 0) is 9.47 Å². The maximum absolute atomic E-state index is 9.86. The average molecular weight is 403 g/mol. The Labute approximate surface area is 270 Å². The van der Waals surface area contributed by atoms with E-state index in [1.165, 1.54) is 0 Å². The Hall–Kier alpha value is 5.77. The zero-order chi connectivity index (χ0) is 8.15. The second kappa shape index (κ2) is 28.9. The van der Waals surface area contributed by atoms with Crippen molar-refractivity contribution >= 4 is 245 Å². The van der Waals surface area contributed by atoms with Crippen LogP contribution in [-0.4, -0.2) is 255 Å². The Morgan fingerprint density at radius 2 is 0.812 bits per heavy atom. The third-order valence-electron chi connectivity index (χ3n) is 0.341. The molecule has 0 atom stereocenters. The molecule has 0 aromatic carbocycles. The Kier molecular flexibility index (Phi) is 77.7. The number of ether oxygens (including phenoxy) is 2. The predicted molar refractivity (Wildman–Crippen MR) is 74.9 cm³/mol. The van der Waals surface area contributed by atoms with Crippen molar-refractivity contribution in [2.75, 3.05) is 0 Å². The molecular formula is C3H14Ca6O7. The van der Waals surface area contributed by atoms with Gasteiger partial charge in [-0.05, 0) is 0 Å². The van der Waals surface area contributed by atoms with Gasteiger partial charge in [0.15, 0.2) is 0 Å². The summed E-state index contributed by atoms with van der Waals surface area (Å²) in [6, 6.07) is 0. The molecule has 80 valence electrons. The minimum atomic E-state index is -1.92. The van der Waals surface area contributed by atoms with E-state index in [9.17, 15) is 14.4 Å². The fraction of sp³-hybridized carbons (Fsp3) is 0. The molecule has 7 nitrogen and oxygen atoms in total. The van der Waals surface area contributed by atoms with Crippen LogP contribution in [0.3, 0.4) is 0 Å². The van der Waals surface area contributed by atoms with Crippen molar-refractivity contribution in [3.8, 4) is 0 Å². The standard InChI is InChI=1S/C3H2O7.6Ca.12H/c4-1(5)9-3(8)10-2(6)7;;;;;;;;;;;;;;;;;;/h(H,4,5)(H,6,7);;;;;;;;;;;;;;;;;;. The molecule has 16 heavy (non-hydrogen) atoms. The number of hydrogen-bond donors (Lipinski definition) is 2. The predicted octanol–water partition coefficient (Wildman–Crippen LogP) is -5.00. The molecule has 0 amide bonds. The topological polar surface area (TPSA) is 110 Å². The van der Waals surface area contributed by atoms with Gasteiger partial charge in [0.2, 0.25) is 0 Å². The van der Waals surface area contributed by atoms with Crippen LogP contribution in [0, 0.1) is 0 Å². The molecule has 2 N–H and O–H groups in total. The molecule has 0 heterocycles. The summed E-state index contributed by atoms with van der Waals surface area (Å²) in [6.45, 7) is 0. The zero-order valence-corrected chi connectivity index (χ0v) is 4.44. The van der Waals surface area contributed by atoms with Crippen LogP contribution in [0.25, 0.3) is 0 Å². The first-order valence-electron chi connectivity index (χ1n) is 1.88. The minimum absolute atomic E-state index is 0. The van der Waals surface area contributed by atoms with Crippen LogP contribution >= 0.6 is 0 Å². The number of carboxylic acid groups (broad SMARTS) is 2. The van der Waals surface area contributed by atoms with E-state index in [1.54, 1.807) is 0 Å². The average Bonchev–Trinajstić information content (AvgIpc) is 1.58. The zero-order valence-electron chi connectivity index (χ0n) is 4.44. The molecule has 0 aliphatic carbocycles. The molecule has 0 unspecified atom stereocenters. The van der Waals surface area contributed by atoms with Gasteiger partial charge in [-0.2, -0.15) is 0 Å². The van der Waals surface area contributed by atoms with E-state index in [-0.39, 0.29) is 226 Å². The van der Waals surface area contributed by atoms with Crippen molar-refractivity contribution in [1.29, 1.82) is 0 Å². The van der Waals surface area contributed by atoms with E-state index < -0.39 is 18.5 Å². The van der Waals surface area contributed by atoms with Gasteiger partial charge < -0.3 is 19.7 Å². The third-order valence-corrected chi connectivity index (χ3v) is 0.341. The van der Waals surface area contributed by atoms with Gasteiger partial charge in [-0.15, -0.1) is 0 Å². The Morgan fingerprint density at radius 1 is 0.625 bits per heavy atom. The molecule has 0 aliphatic heterocycles. The molecular weight excluding hydrogens is 388 g/mol. The first kappa shape index (κ1) is 43.0. The second-order valence-electron chi connectivity index (χ2n) is 0.986. The first-order chi connectivity index (χ1) is 4.52. The monoisotopic (exact) mass is 402 g/mol. The van der Waals surface area contributed by atoms with Crippen molar-refractivity contribution < 1.29 is 34.1 Å². The summed E-state index contributed by atoms with van der Waals surface area (Å²) in [5.74, 6) is 0. The van der Waals surface area contributed by atoms with Crippen molar-refractivity contribution in [3.63, 3.8) is 0 Å². The first-order valence-corrected chi connectivity index (χ1v) is 1.88. The molecule has 0 saturated heterocycles. The summed E-state index contributed by atoms with van der Waals surface area (Å²) >= 11 is 0. The number of carbonyl (C=O) groups excluding carboxylic acids is 1. The van der Waals surface area contributed by atoms with Crippen molar-refractivity contribution in [2.45, 2.75) is 0 Å². The van der Waals surface area contributed by atoms with E-state index in [2.05, 4.69) is 9.47 Å². The van der Waals surface area contributed by atoms with Gasteiger partial charge in [0.1, 0.15) is 0 Å². The maximum atomic E-state index is 9.86. The van der Waals surface area contributed by atoms with E-state index in [1.807, 2.05) is 0 Å². The Balaban J connectivity index is -0.0000000270. The molecule has 0 radical (unpaired) electrons. The van der Waals surface area contributed by atoms with Crippen LogP contribution in [0.4, 0.5) is 14.4 Å². The van der Waals surface area contributed by atoms with Gasteiger partial charge >= 0.3 is 245 Å². The van der Waals surface area contributed by atoms with Gasteiger partial charge in [-0.25, -0.2) is 14.4 Å². The van der Waals surface area contributed by atoms with Crippen LogP contribution in [0.2, 0.25) is 0 Å². The summed E-state index contributed by atoms with van der Waals surface area (Å²) in [4.78, 5) is 28.8. The molecule has 0 aromatic heterocycles. The number of carbonyl (C=O) groups is 3. The normalized spacial score (nSPS) is 5.00. The summed E-state index contributed by atoms with van der Waals surface area (Å²) in [6.07, 6.45) is -5.64. The summed E-state index contributed by atoms with van der Waals surface area (Å²) in [5.41, 5.74) is 0. The molecule has 0 spiro atoms. The van der Waals surface area contributed by atoms with Gasteiger partial charge in [0, 0.05) is 0 Å². The van der Waals surface area contributed by atoms with Crippen molar-refractivity contribution in [1.82, 2.24) is 0 Å². The van der Waals surface area contributed by atoms with Gasteiger partial charge in [-0.3, -0.25) is 0 Å². The van der Waals surface area contributed by atoms with E-state index in [4.69, 9.17) is 10.2 Å². The fourth-order valence-corrected chi connectivity index (χ4v) is 0.163. The fourth-order valence-electron chi connectivity index (χ4n) is 0.163. The van der Waals surface area contributed by atoms with E-state index in [0.717, 1.165) is 0 Å². The Morgan fingerprint density at radius 3 is 0.938 bits per heavy atom. The van der Waals surface area contributed by atoms with Crippen LogP contribution in [0.15, 0.2) is 0 Å². The molecule has 0 aromatic rings. The molecule has 0 aliphatic rings. The molecule has 0 fully saturated rings. The molecule has 0 saturated carbocycles. The van der Waals surface area contributed by atoms with Crippen molar-refractivity contribution in [3.05, 3.63) is 0 Å². The molecule has 0 bridgehead atoms. The van der Waals surface area contributed by atoms with Crippen molar-refractivity contribution in [2.24, 2.45) is 0 Å². The van der Waals surface area contributed by atoms with Gasteiger partial charge in [0.05, 0.1) is 0 Å². The van der Waals surface area contributed by atoms with Gasteiger partial charge in [-0.1, -0.05) is 0 Å². The van der Waals surface area contributed by atoms with E-state index in [0.29, 0.717) is 0 Å². The van der Waals surface area contributed by atoms with E-state index >= 15 is 0 Å². The summed E-state index contributed by atoms with van der Waals surface area (Å²) < 4.78 is 6.47. The second-order valence-corrected chi connectivity index (χ2v) is 0.986. The number of rotatable bonds is 0. The number of hydrogen-bond acceptors (Lipinski definition) is 5. The van der Waals surface area contributed by atoms with Gasteiger partial charge in [0.25, 0.3) is 0 Å². The van der Waals surface area contributed by atoms with Crippen LogP contribution < -0.4 is 0 Å². The van der Waals surface area contributed by atoms with Crippen LogP contribution in [0.1, 0.15) is 0 Å². The third kappa shape index (κ3) is 36.7. The molecule has 13 heteroatoms. The quantitative estimate of drug-likeness (QED) is 0.237. The summed E-state index contributed by atoms with van der Waals surface area (Å²) in [5, 5.41) is 15.4.